The number of non-ortho nitro benzene ring substituents is 1. The van der Waals surface area contributed by atoms with Gasteiger partial charge in [0.25, 0.3) is 5.69 Å². The molecule has 0 aromatic heterocycles. The topological polar surface area (TPSA) is 95.7 Å². The number of methoxy groups -OCH3 is 3. The fraction of sp³-hybridized carbons (Fsp3) is 0.240. The second-order valence-corrected chi connectivity index (χ2v) is 7.94. The predicted molar refractivity (Wildman–Crippen MR) is 125 cm³/mol. The van der Waals surface area contributed by atoms with E-state index in [1.54, 1.807) is 33.5 Å². The van der Waals surface area contributed by atoms with Crippen molar-refractivity contribution < 1.29 is 23.9 Å². The fourth-order valence-corrected chi connectivity index (χ4v) is 4.37. The molecule has 174 valence electrons. The average molecular weight is 461 g/mol. The molecule has 0 spiro atoms. The van der Waals surface area contributed by atoms with E-state index in [0.29, 0.717) is 23.7 Å². The summed E-state index contributed by atoms with van der Waals surface area (Å²) in [6, 6.07) is 17.7. The molecule has 2 atom stereocenters. The van der Waals surface area contributed by atoms with Gasteiger partial charge in [0, 0.05) is 35.2 Å². The molecule has 2 aliphatic rings. The first kappa shape index (κ1) is 21.6. The van der Waals surface area contributed by atoms with Crippen molar-refractivity contribution in [1.29, 1.82) is 0 Å². The fourth-order valence-electron chi connectivity index (χ4n) is 4.37. The number of hydrogen-bond acceptors (Lipinski definition) is 8. The lowest BCUT2D eigenvalue weighted by atomic mass is 9.95. The van der Waals surface area contributed by atoms with Crippen LogP contribution in [0.25, 0.3) is 0 Å². The predicted octanol–water partition coefficient (Wildman–Crippen LogP) is 4.86. The lowest BCUT2D eigenvalue weighted by Crippen LogP contribution is -2.33. The van der Waals surface area contributed by atoms with Crippen molar-refractivity contribution in [3.63, 3.8) is 0 Å². The summed E-state index contributed by atoms with van der Waals surface area (Å²) in [5.74, 6) is 2.58. The highest BCUT2D eigenvalue weighted by molar-refractivity contribution is 6.02. The molecule has 5 rings (SSSR count). The molecule has 0 saturated heterocycles. The van der Waals surface area contributed by atoms with Crippen molar-refractivity contribution in [3.05, 3.63) is 87.5 Å². The van der Waals surface area contributed by atoms with Gasteiger partial charge in [-0.1, -0.05) is 0 Å². The number of ether oxygens (including phenoxy) is 4. The van der Waals surface area contributed by atoms with Crippen molar-refractivity contribution in [1.82, 2.24) is 5.01 Å². The van der Waals surface area contributed by atoms with Crippen LogP contribution in [0.3, 0.4) is 0 Å². The van der Waals surface area contributed by atoms with E-state index in [0.717, 1.165) is 28.2 Å². The SMILES string of the molecule is COc1ccc(C2Oc3ccc([N+](=O)[O-])cc3C3CC(c4ccc(OC)c(OC)c4)=NN32)cc1. The van der Waals surface area contributed by atoms with Crippen molar-refractivity contribution in [2.24, 2.45) is 5.10 Å². The number of fused-ring (bicyclic) bond motifs is 3. The minimum Gasteiger partial charge on any atom is -0.497 e. The molecule has 9 heteroatoms. The summed E-state index contributed by atoms with van der Waals surface area (Å²) in [7, 11) is 4.79. The van der Waals surface area contributed by atoms with Crippen LogP contribution in [0.2, 0.25) is 0 Å². The molecule has 34 heavy (non-hydrogen) atoms. The smallest absolute Gasteiger partial charge is 0.270 e. The molecule has 0 fully saturated rings. The quantitative estimate of drug-likeness (QED) is 0.382. The summed E-state index contributed by atoms with van der Waals surface area (Å²) in [5, 5.41) is 18.2. The van der Waals surface area contributed by atoms with E-state index < -0.39 is 11.2 Å². The molecule has 2 aliphatic heterocycles. The van der Waals surface area contributed by atoms with Crippen molar-refractivity contribution in [2.75, 3.05) is 21.3 Å². The average Bonchev–Trinajstić information content (AvgIpc) is 3.33. The minimum absolute atomic E-state index is 0.0183. The summed E-state index contributed by atoms with van der Waals surface area (Å²) in [4.78, 5) is 11.0. The van der Waals surface area contributed by atoms with Gasteiger partial charge in [-0.25, -0.2) is 5.01 Å². The van der Waals surface area contributed by atoms with Crippen molar-refractivity contribution >= 4 is 11.4 Å². The van der Waals surface area contributed by atoms with Gasteiger partial charge in [0.1, 0.15) is 11.5 Å². The van der Waals surface area contributed by atoms with Gasteiger partial charge in [0.15, 0.2) is 11.5 Å². The molecule has 2 heterocycles. The van der Waals surface area contributed by atoms with Crippen LogP contribution in [0, 0.1) is 10.1 Å². The number of nitro benzene ring substituents is 1. The summed E-state index contributed by atoms with van der Waals surface area (Å²) in [5.41, 5.74) is 3.36. The molecule has 0 saturated carbocycles. The Balaban J connectivity index is 1.58. The van der Waals surface area contributed by atoms with Crippen LogP contribution in [0.1, 0.15) is 35.4 Å². The number of nitro groups is 1. The molecule has 0 radical (unpaired) electrons. The maximum atomic E-state index is 11.4. The third kappa shape index (κ3) is 3.64. The van der Waals surface area contributed by atoms with Gasteiger partial charge in [0.05, 0.1) is 38.0 Å². The van der Waals surface area contributed by atoms with E-state index in [9.17, 15) is 10.1 Å². The maximum Gasteiger partial charge on any atom is 0.270 e. The number of rotatable bonds is 6. The highest BCUT2D eigenvalue weighted by atomic mass is 16.6. The van der Waals surface area contributed by atoms with E-state index in [-0.39, 0.29) is 11.7 Å². The highest BCUT2D eigenvalue weighted by Crippen LogP contribution is 2.48. The Kier molecular flexibility index (Phi) is 5.45. The minimum atomic E-state index is -0.498. The summed E-state index contributed by atoms with van der Waals surface area (Å²) in [6.45, 7) is 0. The van der Waals surface area contributed by atoms with Gasteiger partial charge in [-0.15, -0.1) is 0 Å². The Morgan fingerprint density at radius 1 is 0.971 bits per heavy atom. The molecule has 3 aromatic carbocycles. The van der Waals surface area contributed by atoms with Crippen LogP contribution in [-0.2, 0) is 0 Å². The Hall–Kier alpha value is -4.27. The molecule has 0 N–H and O–H groups in total. The van der Waals surface area contributed by atoms with Gasteiger partial charge >= 0.3 is 0 Å². The molecule has 0 bridgehead atoms. The van der Waals surface area contributed by atoms with Crippen LogP contribution in [0.4, 0.5) is 5.69 Å². The standard InChI is InChI=1S/C25H23N3O6/c1-31-18-8-4-15(5-9-18)25-27-21(19-13-17(28(29)30)7-11-22(19)34-25)14-20(26-27)16-6-10-23(32-2)24(12-16)33-3/h4-13,21,25H,14H2,1-3H3. The highest BCUT2D eigenvalue weighted by Gasteiger charge is 2.41. The second kappa shape index (κ2) is 8.58. The Bertz CT molecular complexity index is 1270. The molecular weight excluding hydrogens is 438 g/mol. The molecule has 9 nitrogen and oxygen atoms in total. The Labute approximate surface area is 196 Å². The van der Waals surface area contributed by atoms with E-state index in [1.165, 1.54) is 6.07 Å². The van der Waals surface area contributed by atoms with Crippen molar-refractivity contribution in [3.8, 4) is 23.0 Å². The molecule has 0 amide bonds. The van der Waals surface area contributed by atoms with E-state index in [1.807, 2.05) is 47.5 Å². The van der Waals surface area contributed by atoms with E-state index in [4.69, 9.17) is 24.0 Å². The first-order valence-corrected chi connectivity index (χ1v) is 10.7. The van der Waals surface area contributed by atoms with Gasteiger partial charge in [0.2, 0.25) is 6.23 Å². The van der Waals surface area contributed by atoms with Gasteiger partial charge in [-0.3, -0.25) is 10.1 Å². The first-order valence-electron chi connectivity index (χ1n) is 10.7. The van der Waals surface area contributed by atoms with Crippen LogP contribution < -0.4 is 18.9 Å². The number of hydrogen-bond donors (Lipinski definition) is 0. The first-order chi connectivity index (χ1) is 16.5. The van der Waals surface area contributed by atoms with E-state index >= 15 is 0 Å². The van der Waals surface area contributed by atoms with Gasteiger partial charge in [-0.05, 0) is 48.5 Å². The van der Waals surface area contributed by atoms with Crippen LogP contribution in [0.5, 0.6) is 23.0 Å². The number of hydrazone groups is 1. The second-order valence-electron chi connectivity index (χ2n) is 7.94. The van der Waals surface area contributed by atoms with Crippen LogP contribution in [0.15, 0.2) is 65.8 Å². The molecule has 3 aromatic rings. The van der Waals surface area contributed by atoms with Crippen LogP contribution >= 0.6 is 0 Å². The zero-order chi connectivity index (χ0) is 23.8. The van der Waals surface area contributed by atoms with E-state index in [2.05, 4.69) is 0 Å². The zero-order valence-corrected chi connectivity index (χ0v) is 18.9. The number of nitrogens with zero attached hydrogens (tertiary/aromatic N) is 3. The third-order valence-corrected chi connectivity index (χ3v) is 6.10. The van der Waals surface area contributed by atoms with Crippen LogP contribution in [-0.4, -0.2) is 37.0 Å². The Morgan fingerprint density at radius 3 is 2.41 bits per heavy atom. The molecular formula is C25H23N3O6. The number of benzene rings is 3. The van der Waals surface area contributed by atoms with Gasteiger partial charge < -0.3 is 18.9 Å². The zero-order valence-electron chi connectivity index (χ0n) is 18.9. The largest absolute Gasteiger partial charge is 0.497 e. The summed E-state index contributed by atoms with van der Waals surface area (Å²) in [6.07, 6.45) is 0.0575. The monoisotopic (exact) mass is 461 g/mol. The van der Waals surface area contributed by atoms with Crippen molar-refractivity contribution in [2.45, 2.75) is 18.7 Å². The summed E-state index contributed by atoms with van der Waals surface area (Å²) < 4.78 is 22.4. The maximum absolute atomic E-state index is 11.4. The van der Waals surface area contributed by atoms with Gasteiger partial charge in [-0.2, -0.15) is 5.10 Å². The lowest BCUT2D eigenvalue weighted by Gasteiger charge is -2.38. The molecule has 0 aliphatic carbocycles. The third-order valence-electron chi connectivity index (χ3n) is 6.10. The molecule has 2 unspecified atom stereocenters. The lowest BCUT2D eigenvalue weighted by molar-refractivity contribution is -0.385. The Morgan fingerprint density at radius 2 is 1.74 bits per heavy atom. The summed E-state index contributed by atoms with van der Waals surface area (Å²) >= 11 is 0. The normalized spacial score (nSPS) is 18.3.